The normalized spacial score (nSPS) is 12.1. The van der Waals surface area contributed by atoms with E-state index in [4.69, 9.17) is 10.5 Å². The average Bonchev–Trinajstić information content (AvgIpc) is 2.40. The van der Waals surface area contributed by atoms with Gasteiger partial charge in [0, 0.05) is 6.04 Å². The van der Waals surface area contributed by atoms with Crippen molar-refractivity contribution in [1.82, 2.24) is 0 Å². The fourth-order valence-corrected chi connectivity index (χ4v) is 1.91. The Kier molecular flexibility index (Phi) is 4.37. The zero-order valence-electron chi connectivity index (χ0n) is 10.7. The molecule has 2 aromatic rings. The van der Waals surface area contributed by atoms with Crippen molar-refractivity contribution >= 4 is 0 Å². The molecule has 0 saturated carbocycles. The summed E-state index contributed by atoms with van der Waals surface area (Å²) in [5.74, 6) is 1.68. The lowest BCUT2D eigenvalue weighted by atomic mass is 10.0. The standard InChI is InChI=1S/C16H19NO/c1-2-7-16(17)13-8-6-11-15(12-13)18-14-9-4-3-5-10-14/h3-6,8-12,16H,2,7,17H2,1H3/t16-/m0/s1. The minimum atomic E-state index is 0.0920. The molecule has 0 radical (unpaired) electrons. The topological polar surface area (TPSA) is 35.2 Å². The first-order valence-electron chi connectivity index (χ1n) is 6.38. The number of para-hydroxylation sites is 1. The minimum absolute atomic E-state index is 0.0920. The summed E-state index contributed by atoms with van der Waals surface area (Å²) in [5, 5.41) is 0. The molecule has 0 unspecified atom stereocenters. The van der Waals surface area contributed by atoms with Crippen molar-refractivity contribution in [2.45, 2.75) is 25.8 Å². The molecule has 18 heavy (non-hydrogen) atoms. The lowest BCUT2D eigenvalue weighted by Gasteiger charge is -2.12. The highest BCUT2D eigenvalue weighted by atomic mass is 16.5. The van der Waals surface area contributed by atoms with Crippen LogP contribution < -0.4 is 10.5 Å². The van der Waals surface area contributed by atoms with Gasteiger partial charge >= 0.3 is 0 Å². The number of rotatable bonds is 5. The maximum atomic E-state index is 6.11. The van der Waals surface area contributed by atoms with Crippen LogP contribution in [0.3, 0.4) is 0 Å². The summed E-state index contributed by atoms with van der Waals surface area (Å²) in [4.78, 5) is 0. The fraction of sp³-hybridized carbons (Fsp3) is 0.250. The molecule has 0 aliphatic heterocycles. The van der Waals surface area contributed by atoms with Crippen molar-refractivity contribution in [1.29, 1.82) is 0 Å². The van der Waals surface area contributed by atoms with E-state index in [-0.39, 0.29) is 6.04 Å². The summed E-state index contributed by atoms with van der Waals surface area (Å²) in [6.45, 7) is 2.14. The van der Waals surface area contributed by atoms with Crippen LogP contribution >= 0.6 is 0 Å². The average molecular weight is 241 g/mol. The minimum Gasteiger partial charge on any atom is -0.457 e. The van der Waals surface area contributed by atoms with E-state index >= 15 is 0 Å². The van der Waals surface area contributed by atoms with Gasteiger partial charge in [0.1, 0.15) is 11.5 Å². The van der Waals surface area contributed by atoms with Crippen LogP contribution in [0.25, 0.3) is 0 Å². The molecule has 2 N–H and O–H groups in total. The molecule has 1 atom stereocenters. The monoisotopic (exact) mass is 241 g/mol. The first-order chi connectivity index (χ1) is 8.79. The van der Waals surface area contributed by atoms with Crippen molar-refractivity contribution in [3.63, 3.8) is 0 Å². The van der Waals surface area contributed by atoms with Crippen LogP contribution in [0.1, 0.15) is 31.4 Å². The van der Waals surface area contributed by atoms with Crippen LogP contribution in [0.2, 0.25) is 0 Å². The second kappa shape index (κ2) is 6.22. The Morgan fingerprint density at radius 3 is 2.44 bits per heavy atom. The molecule has 2 nitrogen and oxygen atoms in total. The molecule has 0 aliphatic carbocycles. The smallest absolute Gasteiger partial charge is 0.127 e. The predicted molar refractivity (Wildman–Crippen MR) is 74.8 cm³/mol. The Balaban J connectivity index is 2.12. The third-order valence-electron chi connectivity index (χ3n) is 2.86. The first kappa shape index (κ1) is 12.7. The zero-order chi connectivity index (χ0) is 12.8. The summed E-state index contributed by atoms with van der Waals surface area (Å²) >= 11 is 0. The predicted octanol–water partition coefficient (Wildman–Crippen LogP) is 4.28. The lowest BCUT2D eigenvalue weighted by molar-refractivity contribution is 0.480. The van der Waals surface area contributed by atoms with Gasteiger partial charge in [-0.05, 0) is 36.2 Å². The van der Waals surface area contributed by atoms with Gasteiger partial charge in [0.05, 0.1) is 0 Å². The Labute approximate surface area is 108 Å². The number of nitrogens with two attached hydrogens (primary N) is 1. The molecular weight excluding hydrogens is 222 g/mol. The van der Waals surface area contributed by atoms with Crippen LogP contribution in [0, 0.1) is 0 Å². The van der Waals surface area contributed by atoms with Crippen LogP contribution in [-0.2, 0) is 0 Å². The summed E-state index contributed by atoms with van der Waals surface area (Å²) in [6.07, 6.45) is 2.08. The molecule has 2 aromatic carbocycles. The van der Waals surface area contributed by atoms with E-state index in [1.165, 1.54) is 0 Å². The van der Waals surface area contributed by atoms with Gasteiger partial charge in [0.15, 0.2) is 0 Å². The number of benzene rings is 2. The second-order valence-electron chi connectivity index (χ2n) is 4.38. The molecule has 0 fully saturated rings. The molecule has 0 spiro atoms. The van der Waals surface area contributed by atoms with Gasteiger partial charge in [-0.3, -0.25) is 0 Å². The Morgan fingerprint density at radius 2 is 1.72 bits per heavy atom. The summed E-state index contributed by atoms with van der Waals surface area (Å²) in [7, 11) is 0. The van der Waals surface area contributed by atoms with Gasteiger partial charge in [-0.2, -0.15) is 0 Å². The lowest BCUT2D eigenvalue weighted by Crippen LogP contribution is -2.09. The molecule has 0 aliphatic rings. The maximum absolute atomic E-state index is 6.11. The van der Waals surface area contributed by atoms with Gasteiger partial charge in [-0.25, -0.2) is 0 Å². The van der Waals surface area contributed by atoms with Crippen molar-refractivity contribution in [2.24, 2.45) is 5.73 Å². The number of hydrogen-bond donors (Lipinski definition) is 1. The van der Waals surface area contributed by atoms with Crippen LogP contribution in [0.5, 0.6) is 11.5 Å². The SMILES string of the molecule is CCC[C@H](N)c1cccc(Oc2ccccc2)c1. The molecule has 0 heterocycles. The zero-order valence-corrected chi connectivity index (χ0v) is 10.7. The van der Waals surface area contributed by atoms with E-state index in [2.05, 4.69) is 13.0 Å². The van der Waals surface area contributed by atoms with E-state index in [1.54, 1.807) is 0 Å². The largest absolute Gasteiger partial charge is 0.457 e. The van der Waals surface area contributed by atoms with Crippen LogP contribution in [0.15, 0.2) is 54.6 Å². The van der Waals surface area contributed by atoms with Crippen molar-refractivity contribution in [3.8, 4) is 11.5 Å². The molecule has 0 saturated heterocycles. The highest BCUT2D eigenvalue weighted by Crippen LogP contribution is 2.25. The second-order valence-corrected chi connectivity index (χ2v) is 4.38. The van der Waals surface area contributed by atoms with Crippen molar-refractivity contribution in [3.05, 3.63) is 60.2 Å². The van der Waals surface area contributed by atoms with Gasteiger partial charge in [-0.1, -0.05) is 43.7 Å². The van der Waals surface area contributed by atoms with Crippen LogP contribution in [0.4, 0.5) is 0 Å². The summed E-state index contributed by atoms with van der Waals surface area (Å²) in [6, 6.07) is 17.9. The molecule has 0 aromatic heterocycles. The molecule has 0 amide bonds. The molecular formula is C16H19NO. The van der Waals surface area contributed by atoms with Gasteiger partial charge in [0.2, 0.25) is 0 Å². The van der Waals surface area contributed by atoms with Gasteiger partial charge in [-0.15, -0.1) is 0 Å². The van der Waals surface area contributed by atoms with Crippen molar-refractivity contribution < 1.29 is 4.74 Å². The molecule has 94 valence electrons. The summed E-state index contributed by atoms with van der Waals surface area (Å²) < 4.78 is 5.79. The third-order valence-corrected chi connectivity index (χ3v) is 2.86. The Hall–Kier alpha value is -1.80. The Morgan fingerprint density at radius 1 is 1.00 bits per heavy atom. The van der Waals surface area contributed by atoms with E-state index < -0.39 is 0 Å². The maximum Gasteiger partial charge on any atom is 0.127 e. The van der Waals surface area contributed by atoms with E-state index in [0.717, 1.165) is 29.9 Å². The summed E-state index contributed by atoms with van der Waals surface area (Å²) in [5.41, 5.74) is 7.24. The van der Waals surface area contributed by atoms with Crippen molar-refractivity contribution in [2.75, 3.05) is 0 Å². The molecule has 2 rings (SSSR count). The van der Waals surface area contributed by atoms with E-state index in [0.29, 0.717) is 0 Å². The van der Waals surface area contributed by atoms with Crippen LogP contribution in [-0.4, -0.2) is 0 Å². The quantitative estimate of drug-likeness (QED) is 0.848. The Bertz CT molecular complexity index is 481. The highest BCUT2D eigenvalue weighted by Gasteiger charge is 2.06. The van der Waals surface area contributed by atoms with Gasteiger partial charge in [0.25, 0.3) is 0 Å². The molecule has 0 bridgehead atoms. The van der Waals surface area contributed by atoms with Gasteiger partial charge < -0.3 is 10.5 Å². The fourth-order valence-electron chi connectivity index (χ4n) is 1.91. The molecule has 2 heteroatoms. The first-order valence-corrected chi connectivity index (χ1v) is 6.38. The van der Waals surface area contributed by atoms with E-state index in [9.17, 15) is 0 Å². The van der Waals surface area contributed by atoms with E-state index in [1.807, 2.05) is 48.5 Å². The number of ether oxygens (including phenoxy) is 1. The highest BCUT2D eigenvalue weighted by molar-refractivity contribution is 5.34. The third kappa shape index (κ3) is 3.34. The number of hydrogen-bond acceptors (Lipinski definition) is 2.